The molecule has 0 radical (unpaired) electrons. The summed E-state index contributed by atoms with van der Waals surface area (Å²) in [6.45, 7) is 0.758. The molecule has 0 spiro atoms. The van der Waals surface area contributed by atoms with E-state index < -0.39 is 60.9 Å². The van der Waals surface area contributed by atoms with Crippen molar-refractivity contribution in [2.24, 2.45) is 11.8 Å². The lowest BCUT2D eigenvalue weighted by Crippen LogP contribution is -2.59. The predicted octanol–water partition coefficient (Wildman–Crippen LogP) is -0.706. The molecule has 2 saturated heterocycles. The normalized spacial score (nSPS) is 38.6. The monoisotopic (exact) mass is 546 g/mol. The van der Waals surface area contributed by atoms with Crippen LogP contribution in [0.2, 0.25) is 0 Å². The van der Waals surface area contributed by atoms with Gasteiger partial charge in [-0.3, -0.25) is 4.90 Å². The summed E-state index contributed by atoms with van der Waals surface area (Å²) in [4.78, 5) is 18.6. The van der Waals surface area contributed by atoms with Gasteiger partial charge in [-0.05, 0) is 24.5 Å². The van der Waals surface area contributed by atoms with Crippen LogP contribution in [-0.2, 0) is 30.2 Å². The Balaban J connectivity index is 1.29. The Morgan fingerprint density at radius 2 is 1.92 bits per heavy atom. The van der Waals surface area contributed by atoms with Crippen molar-refractivity contribution in [1.29, 1.82) is 0 Å². The average Bonchev–Trinajstić information content (AvgIpc) is 3.25. The number of ether oxygens (including phenoxy) is 4. The van der Waals surface area contributed by atoms with Crippen molar-refractivity contribution in [3.05, 3.63) is 47.4 Å². The number of esters is 1. The summed E-state index contributed by atoms with van der Waals surface area (Å²) in [5.41, 5.74) is 3.66. The van der Waals surface area contributed by atoms with Crippen LogP contribution in [0, 0.1) is 11.8 Å². The number of aromatic amines is 1. The Bertz CT molecular complexity index is 1250. The van der Waals surface area contributed by atoms with E-state index in [0.29, 0.717) is 18.5 Å². The number of para-hydroxylation sites is 1. The van der Waals surface area contributed by atoms with E-state index in [9.17, 15) is 30.3 Å². The third-order valence-corrected chi connectivity index (χ3v) is 8.65. The van der Waals surface area contributed by atoms with Crippen molar-refractivity contribution in [3.8, 4) is 0 Å². The number of H-pyrrole nitrogens is 1. The van der Waals surface area contributed by atoms with E-state index in [1.165, 1.54) is 24.3 Å². The molecule has 2 aromatic rings. The number of methoxy groups -OCH3 is 1. The van der Waals surface area contributed by atoms with Crippen LogP contribution < -0.4 is 0 Å². The Kier molecular flexibility index (Phi) is 7.14. The first-order valence-corrected chi connectivity index (χ1v) is 13.2. The van der Waals surface area contributed by atoms with Gasteiger partial charge >= 0.3 is 5.97 Å². The molecule has 0 bridgehead atoms. The van der Waals surface area contributed by atoms with Gasteiger partial charge in [-0.2, -0.15) is 0 Å². The molecule has 1 aromatic heterocycles. The Morgan fingerprint density at radius 3 is 2.72 bits per heavy atom. The first-order valence-electron chi connectivity index (χ1n) is 13.2. The highest BCUT2D eigenvalue weighted by Gasteiger charge is 2.51. The van der Waals surface area contributed by atoms with Crippen molar-refractivity contribution < 1.29 is 49.3 Å². The van der Waals surface area contributed by atoms with E-state index in [4.69, 9.17) is 18.9 Å². The molecule has 4 aliphatic rings. The lowest BCUT2D eigenvalue weighted by Gasteiger charge is -2.41. The molecule has 0 amide bonds. The molecule has 1 aromatic carbocycles. The quantitative estimate of drug-likeness (QED) is 0.268. The molecule has 5 heterocycles. The van der Waals surface area contributed by atoms with Crippen LogP contribution in [0.3, 0.4) is 0 Å². The summed E-state index contributed by atoms with van der Waals surface area (Å²) < 4.78 is 22.0. The molecule has 12 heteroatoms. The number of carbonyl (C=O) groups is 1. The second-order valence-electron chi connectivity index (χ2n) is 10.7. The van der Waals surface area contributed by atoms with Gasteiger partial charge in [0.25, 0.3) is 0 Å². The number of nitrogens with zero attached hydrogens (tertiary/aromatic N) is 1. The summed E-state index contributed by atoms with van der Waals surface area (Å²) in [5, 5.41) is 52.6. The number of benzene rings is 1. The van der Waals surface area contributed by atoms with E-state index in [0.717, 1.165) is 24.2 Å². The predicted molar refractivity (Wildman–Crippen MR) is 134 cm³/mol. The molecule has 4 aliphatic heterocycles. The van der Waals surface area contributed by atoms with Crippen molar-refractivity contribution in [2.45, 2.75) is 62.0 Å². The summed E-state index contributed by atoms with van der Waals surface area (Å²) in [6.07, 6.45) is -6.98. The smallest absolute Gasteiger partial charge is 0.337 e. The van der Waals surface area contributed by atoms with Crippen LogP contribution in [-0.4, -0.2) is 111 Å². The standard InChI is InChI=1S/C27H34N2O10/c1-36-25(34)15-10-37-27(38-11-19-22(31)23(32)24(33)26(35)39-19)20-14(15)8-17-21-13(6-7-29(17)9-18(20)30)12-4-2-3-5-16(12)28-21/h2-5,10,14,17-20,22-24,26-28,30-33,35H,6-9,11H2,1H3/t14-,17+,18+,19-,20+,22-,23+,24-,26-,27+/m1/s1. The number of nitrogens with one attached hydrogen (secondary N) is 1. The molecular formula is C27H34N2O10. The van der Waals surface area contributed by atoms with Crippen molar-refractivity contribution >= 4 is 16.9 Å². The lowest BCUT2D eigenvalue weighted by molar-refractivity contribution is -0.299. The number of hydrogen-bond donors (Lipinski definition) is 6. The summed E-state index contributed by atoms with van der Waals surface area (Å²) in [5.74, 6) is -1.69. The first kappa shape index (κ1) is 26.7. The van der Waals surface area contributed by atoms with E-state index in [-0.39, 0.29) is 12.6 Å². The van der Waals surface area contributed by atoms with Crippen molar-refractivity contribution in [3.63, 3.8) is 0 Å². The maximum Gasteiger partial charge on any atom is 0.337 e. The second-order valence-corrected chi connectivity index (χ2v) is 10.7. The topological polar surface area (TPSA) is 174 Å². The summed E-state index contributed by atoms with van der Waals surface area (Å²) in [7, 11) is 1.30. The third-order valence-electron chi connectivity index (χ3n) is 8.65. The lowest BCUT2D eigenvalue weighted by atomic mass is 9.77. The number of carbonyl (C=O) groups excluding carboxylic acids is 1. The zero-order chi connectivity index (χ0) is 27.4. The number of aromatic nitrogens is 1. The van der Waals surface area contributed by atoms with Gasteiger partial charge in [0.2, 0.25) is 6.29 Å². The van der Waals surface area contributed by atoms with Gasteiger partial charge in [-0.25, -0.2) is 4.79 Å². The second kappa shape index (κ2) is 10.5. The fourth-order valence-electron chi connectivity index (χ4n) is 6.63. The molecule has 6 N–H and O–H groups in total. The molecule has 212 valence electrons. The van der Waals surface area contributed by atoms with Gasteiger partial charge in [0.05, 0.1) is 43.6 Å². The fourth-order valence-corrected chi connectivity index (χ4v) is 6.63. The average molecular weight is 547 g/mol. The molecule has 0 unspecified atom stereocenters. The van der Waals surface area contributed by atoms with E-state index in [1.54, 1.807) is 0 Å². The molecule has 6 rings (SSSR count). The van der Waals surface area contributed by atoms with Crippen LogP contribution in [0.1, 0.15) is 23.7 Å². The van der Waals surface area contributed by atoms with Gasteiger partial charge in [-0.1, -0.05) is 18.2 Å². The van der Waals surface area contributed by atoms with Crippen LogP contribution >= 0.6 is 0 Å². The highest BCUT2D eigenvalue weighted by atomic mass is 16.7. The SMILES string of the molecule is COC(=O)C1=CO[C@@H](OC[C@H]2O[C@@H](O)[C@H](O)[C@@H](O)[C@@H]2O)[C@H]2[C@@H]1C[C@H]1c3[nH]c4ccccc4c3CCN1C[C@@H]2O. The molecule has 10 atom stereocenters. The van der Waals surface area contributed by atoms with E-state index in [1.807, 2.05) is 18.2 Å². The Morgan fingerprint density at radius 1 is 1.13 bits per heavy atom. The Labute approximate surface area is 224 Å². The summed E-state index contributed by atoms with van der Waals surface area (Å²) in [6, 6.07) is 8.05. The van der Waals surface area contributed by atoms with Gasteiger partial charge in [0, 0.05) is 35.6 Å². The van der Waals surface area contributed by atoms with Gasteiger partial charge in [0.15, 0.2) is 6.29 Å². The number of rotatable bonds is 4. The van der Waals surface area contributed by atoms with Crippen LogP contribution in [0.25, 0.3) is 10.9 Å². The number of aliphatic hydroxyl groups is 5. The van der Waals surface area contributed by atoms with Gasteiger partial charge in [0.1, 0.15) is 24.4 Å². The third kappa shape index (κ3) is 4.54. The molecule has 39 heavy (non-hydrogen) atoms. The van der Waals surface area contributed by atoms with Gasteiger partial charge in [-0.15, -0.1) is 0 Å². The first-order chi connectivity index (χ1) is 18.8. The zero-order valence-corrected chi connectivity index (χ0v) is 21.4. The fraction of sp³-hybridized carbons (Fsp3) is 0.593. The number of aliphatic hydroxyl groups excluding tert-OH is 5. The zero-order valence-electron chi connectivity index (χ0n) is 21.4. The molecule has 0 saturated carbocycles. The number of hydrogen-bond acceptors (Lipinski definition) is 11. The van der Waals surface area contributed by atoms with Gasteiger partial charge < -0.3 is 49.5 Å². The minimum absolute atomic E-state index is 0.0899. The highest BCUT2D eigenvalue weighted by Crippen LogP contribution is 2.47. The van der Waals surface area contributed by atoms with Crippen LogP contribution in [0.15, 0.2) is 36.1 Å². The van der Waals surface area contributed by atoms with Crippen molar-refractivity contribution in [1.82, 2.24) is 9.88 Å². The Hall–Kier alpha value is -2.55. The van der Waals surface area contributed by atoms with Crippen LogP contribution in [0.4, 0.5) is 0 Å². The highest BCUT2D eigenvalue weighted by molar-refractivity contribution is 5.89. The molecule has 2 fully saturated rings. The van der Waals surface area contributed by atoms with E-state index >= 15 is 0 Å². The molecule has 12 nitrogen and oxygen atoms in total. The largest absolute Gasteiger partial charge is 0.472 e. The maximum atomic E-state index is 12.8. The van der Waals surface area contributed by atoms with Crippen LogP contribution in [0.5, 0.6) is 0 Å². The minimum Gasteiger partial charge on any atom is -0.472 e. The maximum absolute atomic E-state index is 12.8. The van der Waals surface area contributed by atoms with Crippen molar-refractivity contribution in [2.75, 3.05) is 26.8 Å². The minimum atomic E-state index is -1.70. The molecular weight excluding hydrogens is 512 g/mol. The summed E-state index contributed by atoms with van der Waals surface area (Å²) >= 11 is 0. The van der Waals surface area contributed by atoms with E-state index in [2.05, 4.69) is 16.0 Å². The number of fused-ring (bicyclic) bond motifs is 6. The molecule has 0 aliphatic carbocycles.